The van der Waals surface area contributed by atoms with E-state index in [1.54, 1.807) is 18.5 Å². The molecular formula is C22H19N3O2. The van der Waals surface area contributed by atoms with Crippen molar-refractivity contribution in [1.29, 1.82) is 0 Å². The van der Waals surface area contributed by atoms with Crippen LogP contribution in [-0.4, -0.2) is 27.1 Å². The van der Waals surface area contributed by atoms with Crippen LogP contribution in [0.25, 0.3) is 16.9 Å². The van der Waals surface area contributed by atoms with Crippen LogP contribution in [0.4, 0.5) is 0 Å². The number of nitrogens with zero attached hydrogens (tertiary/aromatic N) is 3. The van der Waals surface area contributed by atoms with Crippen LogP contribution in [0.2, 0.25) is 0 Å². The number of esters is 1. The summed E-state index contributed by atoms with van der Waals surface area (Å²) >= 11 is 0. The summed E-state index contributed by atoms with van der Waals surface area (Å²) in [6.45, 7) is 2.14. The highest BCUT2D eigenvalue weighted by atomic mass is 16.5. The lowest BCUT2D eigenvalue weighted by atomic mass is 9.95. The van der Waals surface area contributed by atoms with Crippen molar-refractivity contribution in [3.63, 3.8) is 0 Å². The molecular weight excluding hydrogens is 338 g/mol. The third-order valence-corrected chi connectivity index (χ3v) is 4.44. The second-order valence-electron chi connectivity index (χ2n) is 6.11. The fourth-order valence-electron chi connectivity index (χ4n) is 3.32. The van der Waals surface area contributed by atoms with E-state index in [0.29, 0.717) is 12.6 Å². The fraction of sp³-hybridized carbons (Fsp3) is 0.136. The van der Waals surface area contributed by atoms with E-state index in [1.807, 2.05) is 72.2 Å². The van der Waals surface area contributed by atoms with Gasteiger partial charge >= 0.3 is 5.97 Å². The minimum Gasteiger partial charge on any atom is -0.465 e. The van der Waals surface area contributed by atoms with Crippen LogP contribution in [-0.2, 0) is 9.53 Å². The van der Waals surface area contributed by atoms with Crippen LogP contribution < -0.4 is 0 Å². The molecule has 0 fully saturated rings. The van der Waals surface area contributed by atoms with Gasteiger partial charge in [-0.2, -0.15) is 0 Å². The molecule has 4 aromatic rings. The molecule has 0 amide bonds. The third-order valence-electron chi connectivity index (χ3n) is 4.44. The number of benzene rings is 2. The lowest BCUT2D eigenvalue weighted by molar-refractivity contribution is -0.143. The Morgan fingerprint density at radius 2 is 1.70 bits per heavy atom. The van der Waals surface area contributed by atoms with Gasteiger partial charge in [0.15, 0.2) is 0 Å². The van der Waals surface area contributed by atoms with E-state index in [0.717, 1.165) is 22.2 Å². The predicted octanol–water partition coefficient (Wildman–Crippen LogP) is 4.12. The lowest BCUT2D eigenvalue weighted by Crippen LogP contribution is -2.20. The van der Waals surface area contributed by atoms with E-state index in [1.165, 1.54) is 0 Å². The van der Waals surface area contributed by atoms with Gasteiger partial charge in [0.1, 0.15) is 5.92 Å². The van der Waals surface area contributed by atoms with Crippen molar-refractivity contribution in [2.24, 2.45) is 0 Å². The average Bonchev–Trinajstić information content (AvgIpc) is 3.09. The SMILES string of the molecule is CCOC(=O)C(c1ccccc1)c1cc2ccccc2n1-c1ncccn1. The molecule has 1 unspecified atom stereocenters. The second kappa shape index (κ2) is 7.41. The summed E-state index contributed by atoms with van der Waals surface area (Å²) < 4.78 is 7.34. The molecule has 0 aliphatic heterocycles. The standard InChI is InChI=1S/C22H19N3O2/c1-2-27-21(26)20(16-9-4-3-5-10-16)19-15-17-11-6-7-12-18(17)25(19)22-23-13-8-14-24-22/h3-15,20H,2H2,1H3. The number of carbonyl (C=O) groups is 1. The van der Waals surface area contributed by atoms with E-state index < -0.39 is 5.92 Å². The fourth-order valence-corrected chi connectivity index (χ4v) is 3.32. The van der Waals surface area contributed by atoms with Gasteiger partial charge in [0.05, 0.1) is 12.1 Å². The van der Waals surface area contributed by atoms with Crippen molar-refractivity contribution in [2.75, 3.05) is 6.61 Å². The average molecular weight is 357 g/mol. The molecule has 0 saturated carbocycles. The number of ether oxygens (including phenoxy) is 1. The molecule has 27 heavy (non-hydrogen) atoms. The van der Waals surface area contributed by atoms with Gasteiger partial charge in [-0.3, -0.25) is 9.36 Å². The summed E-state index contributed by atoms with van der Waals surface area (Å²) in [6, 6.07) is 21.4. The second-order valence-corrected chi connectivity index (χ2v) is 6.11. The highest BCUT2D eigenvalue weighted by Crippen LogP contribution is 2.33. The first-order valence-electron chi connectivity index (χ1n) is 8.89. The van der Waals surface area contributed by atoms with Crippen molar-refractivity contribution < 1.29 is 9.53 Å². The lowest BCUT2D eigenvalue weighted by Gasteiger charge is -2.18. The maximum Gasteiger partial charge on any atom is 0.319 e. The predicted molar refractivity (Wildman–Crippen MR) is 104 cm³/mol. The maximum atomic E-state index is 12.9. The quantitative estimate of drug-likeness (QED) is 0.504. The molecule has 0 aliphatic rings. The number of rotatable bonds is 5. The van der Waals surface area contributed by atoms with Crippen LogP contribution in [0.5, 0.6) is 0 Å². The van der Waals surface area contributed by atoms with Gasteiger partial charge < -0.3 is 4.74 Å². The van der Waals surface area contributed by atoms with Gasteiger partial charge in [0, 0.05) is 23.5 Å². The van der Waals surface area contributed by atoms with Crippen LogP contribution in [0.15, 0.2) is 79.1 Å². The normalized spacial score (nSPS) is 12.0. The molecule has 2 heterocycles. The molecule has 5 nitrogen and oxygen atoms in total. The van der Waals surface area contributed by atoms with E-state index in [2.05, 4.69) is 9.97 Å². The van der Waals surface area contributed by atoms with Crippen molar-refractivity contribution in [3.05, 3.63) is 90.4 Å². The molecule has 0 aliphatic carbocycles. The minimum atomic E-state index is -0.567. The zero-order valence-corrected chi connectivity index (χ0v) is 14.9. The number of carbonyl (C=O) groups excluding carboxylic acids is 1. The highest BCUT2D eigenvalue weighted by molar-refractivity contribution is 5.88. The monoisotopic (exact) mass is 357 g/mol. The summed E-state index contributed by atoms with van der Waals surface area (Å²) in [7, 11) is 0. The van der Waals surface area contributed by atoms with Crippen molar-refractivity contribution >= 4 is 16.9 Å². The van der Waals surface area contributed by atoms with Crippen molar-refractivity contribution in [3.8, 4) is 5.95 Å². The van der Waals surface area contributed by atoms with Crippen LogP contribution in [0.3, 0.4) is 0 Å². The molecule has 2 aromatic heterocycles. The molecule has 0 saturated heterocycles. The van der Waals surface area contributed by atoms with Crippen LogP contribution in [0.1, 0.15) is 24.1 Å². The summed E-state index contributed by atoms with van der Waals surface area (Å²) in [5, 5.41) is 1.02. The Bertz CT molecular complexity index is 1060. The summed E-state index contributed by atoms with van der Waals surface area (Å²) in [6.07, 6.45) is 3.39. The summed E-state index contributed by atoms with van der Waals surface area (Å²) in [5.74, 6) is -0.329. The van der Waals surface area contributed by atoms with Crippen LogP contribution >= 0.6 is 0 Å². The molecule has 5 heteroatoms. The number of para-hydroxylation sites is 1. The third kappa shape index (κ3) is 3.19. The smallest absolute Gasteiger partial charge is 0.319 e. The topological polar surface area (TPSA) is 57.0 Å². The van der Waals surface area contributed by atoms with Gasteiger partial charge in [0.25, 0.3) is 0 Å². The number of fused-ring (bicyclic) bond motifs is 1. The van der Waals surface area contributed by atoms with E-state index in [9.17, 15) is 4.79 Å². The Balaban J connectivity index is 1.99. The molecule has 1 atom stereocenters. The maximum absolute atomic E-state index is 12.9. The number of hydrogen-bond acceptors (Lipinski definition) is 4. The number of hydrogen-bond donors (Lipinski definition) is 0. The zero-order valence-electron chi connectivity index (χ0n) is 14.9. The molecule has 0 N–H and O–H groups in total. The Labute approximate surface area is 157 Å². The first kappa shape index (κ1) is 17.0. The van der Waals surface area contributed by atoms with Crippen molar-refractivity contribution in [1.82, 2.24) is 14.5 Å². The van der Waals surface area contributed by atoms with Gasteiger partial charge in [-0.05, 0) is 30.7 Å². The Hall–Kier alpha value is -3.47. The van der Waals surface area contributed by atoms with Gasteiger partial charge in [-0.1, -0.05) is 48.5 Å². The van der Waals surface area contributed by atoms with Crippen LogP contribution in [0, 0.1) is 0 Å². The van der Waals surface area contributed by atoms with Crippen molar-refractivity contribution in [2.45, 2.75) is 12.8 Å². The number of aromatic nitrogens is 3. The Morgan fingerprint density at radius 1 is 1.00 bits per heavy atom. The summed E-state index contributed by atoms with van der Waals surface area (Å²) in [4.78, 5) is 21.8. The molecule has 2 aromatic carbocycles. The molecule has 134 valence electrons. The van der Waals surface area contributed by atoms with E-state index in [-0.39, 0.29) is 5.97 Å². The first-order chi connectivity index (χ1) is 13.3. The largest absolute Gasteiger partial charge is 0.465 e. The summed E-state index contributed by atoms with van der Waals surface area (Å²) in [5.41, 5.74) is 2.60. The Kier molecular flexibility index (Phi) is 4.66. The highest BCUT2D eigenvalue weighted by Gasteiger charge is 2.29. The minimum absolute atomic E-state index is 0.288. The van der Waals surface area contributed by atoms with E-state index >= 15 is 0 Å². The Morgan fingerprint density at radius 3 is 2.44 bits per heavy atom. The molecule has 4 rings (SSSR count). The molecule has 0 bridgehead atoms. The first-order valence-corrected chi connectivity index (χ1v) is 8.89. The molecule has 0 radical (unpaired) electrons. The molecule has 0 spiro atoms. The van der Waals surface area contributed by atoms with Gasteiger partial charge in [-0.25, -0.2) is 9.97 Å². The van der Waals surface area contributed by atoms with E-state index in [4.69, 9.17) is 4.74 Å². The van der Waals surface area contributed by atoms with Gasteiger partial charge in [-0.15, -0.1) is 0 Å². The van der Waals surface area contributed by atoms with Gasteiger partial charge in [0.2, 0.25) is 5.95 Å². The zero-order chi connectivity index (χ0) is 18.6.